The predicted molar refractivity (Wildman–Crippen MR) is 31.6 cm³/mol. The van der Waals surface area contributed by atoms with E-state index >= 15 is 0 Å². The van der Waals surface area contributed by atoms with E-state index in [1.165, 1.54) is 0 Å². The molecule has 0 aliphatic rings. The first-order chi connectivity index (χ1) is 3.31. The van der Waals surface area contributed by atoms with Crippen LogP contribution in [0.15, 0.2) is 12.2 Å². The Labute approximate surface area is 44.2 Å². The van der Waals surface area contributed by atoms with E-state index in [2.05, 4.69) is 12.5 Å². The van der Waals surface area contributed by atoms with Gasteiger partial charge >= 0.3 is 0 Å². The summed E-state index contributed by atoms with van der Waals surface area (Å²) in [7, 11) is 0. The Balaban J connectivity index is 3.23. The Morgan fingerprint density at radius 3 is 2.57 bits per heavy atom. The van der Waals surface area contributed by atoms with Crippen LogP contribution in [0.1, 0.15) is 6.42 Å². The van der Waals surface area contributed by atoms with Gasteiger partial charge < -0.3 is 5.73 Å². The highest BCUT2D eigenvalue weighted by molar-refractivity contribution is 5.06. The molecule has 0 aromatic rings. The molecule has 0 rings (SSSR count). The van der Waals surface area contributed by atoms with Crippen LogP contribution in [0.4, 0.5) is 0 Å². The quantitative estimate of drug-likeness (QED) is 0.393. The lowest BCUT2D eigenvalue weighted by Crippen LogP contribution is -2.00. The molecule has 0 aliphatic carbocycles. The third-order valence-electron chi connectivity index (χ3n) is 0.641. The van der Waals surface area contributed by atoms with Gasteiger partial charge in [-0.3, -0.25) is 0 Å². The highest BCUT2D eigenvalue weighted by atomic mass is 14.5. The van der Waals surface area contributed by atoms with E-state index in [1.54, 1.807) is 0 Å². The van der Waals surface area contributed by atoms with Crippen LogP contribution >= 0.6 is 0 Å². The predicted octanol–water partition coefficient (Wildman–Crippen LogP) is 0.525. The number of hydrogen-bond acceptors (Lipinski definition) is 1. The lowest BCUT2D eigenvalue weighted by atomic mass is 10.2. The van der Waals surface area contributed by atoms with Crippen molar-refractivity contribution in [1.82, 2.24) is 0 Å². The van der Waals surface area contributed by atoms with Crippen LogP contribution in [0.2, 0.25) is 0 Å². The summed E-state index contributed by atoms with van der Waals surface area (Å²) in [5, 5.41) is 0. The minimum atomic E-state index is 0.504. The van der Waals surface area contributed by atoms with Crippen molar-refractivity contribution in [3.8, 4) is 12.3 Å². The summed E-state index contributed by atoms with van der Waals surface area (Å²) < 4.78 is 0. The van der Waals surface area contributed by atoms with Crippen LogP contribution in [0.5, 0.6) is 0 Å². The van der Waals surface area contributed by atoms with Crippen LogP contribution in [0.25, 0.3) is 0 Å². The molecule has 0 aliphatic heterocycles. The highest BCUT2D eigenvalue weighted by Crippen LogP contribution is 1.89. The van der Waals surface area contributed by atoms with Crippen molar-refractivity contribution in [3.63, 3.8) is 0 Å². The van der Waals surface area contributed by atoms with E-state index in [0.717, 1.165) is 5.57 Å². The van der Waals surface area contributed by atoms with Crippen molar-refractivity contribution in [1.29, 1.82) is 0 Å². The summed E-state index contributed by atoms with van der Waals surface area (Å²) >= 11 is 0. The average Bonchev–Trinajstić information content (AvgIpc) is 1.68. The zero-order valence-corrected chi connectivity index (χ0v) is 4.28. The molecular weight excluding hydrogens is 86.1 g/mol. The first-order valence-electron chi connectivity index (χ1n) is 2.11. The fourth-order valence-corrected chi connectivity index (χ4v) is 0.217. The normalized spacial score (nSPS) is 7.43. The van der Waals surface area contributed by atoms with Gasteiger partial charge in [-0.05, 0) is 0 Å². The van der Waals surface area contributed by atoms with Gasteiger partial charge in [0, 0.05) is 13.0 Å². The third-order valence-corrected chi connectivity index (χ3v) is 0.641. The van der Waals surface area contributed by atoms with Gasteiger partial charge in [0.2, 0.25) is 0 Å². The van der Waals surface area contributed by atoms with Crippen molar-refractivity contribution in [2.24, 2.45) is 5.73 Å². The molecule has 0 saturated heterocycles. The minimum absolute atomic E-state index is 0.504. The number of rotatable bonds is 2. The Kier molecular flexibility index (Phi) is 3.09. The van der Waals surface area contributed by atoms with Crippen molar-refractivity contribution < 1.29 is 0 Å². The molecule has 0 saturated carbocycles. The van der Waals surface area contributed by atoms with E-state index in [9.17, 15) is 0 Å². The maximum atomic E-state index is 5.16. The molecule has 1 nitrogen and oxygen atoms in total. The Morgan fingerprint density at radius 2 is 2.43 bits per heavy atom. The van der Waals surface area contributed by atoms with Gasteiger partial charge in [0.1, 0.15) is 0 Å². The van der Waals surface area contributed by atoms with Crippen molar-refractivity contribution in [2.45, 2.75) is 6.42 Å². The molecule has 2 N–H and O–H groups in total. The summed E-state index contributed by atoms with van der Waals surface area (Å²) in [5.74, 6) is 2.44. The second-order valence-electron chi connectivity index (χ2n) is 1.34. The fourth-order valence-electron chi connectivity index (χ4n) is 0.217. The molecule has 0 aromatic heterocycles. The molecule has 0 bridgehead atoms. The van der Waals surface area contributed by atoms with Gasteiger partial charge in [0.15, 0.2) is 0 Å². The van der Waals surface area contributed by atoms with E-state index in [1.807, 2.05) is 0 Å². The molecular formula is C6H9N. The number of terminal acetylenes is 1. The molecule has 7 heavy (non-hydrogen) atoms. The average molecular weight is 95.1 g/mol. The second-order valence-corrected chi connectivity index (χ2v) is 1.34. The standard InChI is InChI=1S/C6H9N/c1-3-4-6(2)5-7/h1H,2,4-5,7H2. The first kappa shape index (κ1) is 6.26. The lowest BCUT2D eigenvalue weighted by Gasteiger charge is -1.89. The van der Waals surface area contributed by atoms with E-state index in [0.29, 0.717) is 13.0 Å². The Bertz CT molecular complexity index is 97.2. The van der Waals surface area contributed by atoms with Gasteiger partial charge in [-0.2, -0.15) is 0 Å². The van der Waals surface area contributed by atoms with Crippen LogP contribution in [-0.2, 0) is 0 Å². The monoisotopic (exact) mass is 95.1 g/mol. The van der Waals surface area contributed by atoms with Gasteiger partial charge in [-0.1, -0.05) is 12.2 Å². The number of nitrogens with two attached hydrogens (primary N) is 1. The summed E-state index contributed by atoms with van der Waals surface area (Å²) in [6, 6.07) is 0. The summed E-state index contributed by atoms with van der Waals surface area (Å²) in [5.41, 5.74) is 6.08. The Hall–Kier alpha value is -0.740. The highest BCUT2D eigenvalue weighted by Gasteiger charge is 1.81. The maximum Gasteiger partial charge on any atom is 0.0306 e. The molecule has 38 valence electrons. The molecule has 0 unspecified atom stereocenters. The van der Waals surface area contributed by atoms with Crippen LogP contribution < -0.4 is 5.73 Å². The van der Waals surface area contributed by atoms with Gasteiger partial charge in [0.25, 0.3) is 0 Å². The molecule has 0 fully saturated rings. The Morgan fingerprint density at radius 1 is 1.86 bits per heavy atom. The SMILES string of the molecule is C#CCC(=C)CN. The van der Waals surface area contributed by atoms with Gasteiger partial charge in [-0.15, -0.1) is 12.3 Å². The summed E-state index contributed by atoms with van der Waals surface area (Å²) in [4.78, 5) is 0. The zero-order chi connectivity index (χ0) is 5.70. The zero-order valence-electron chi connectivity index (χ0n) is 4.28. The van der Waals surface area contributed by atoms with E-state index in [-0.39, 0.29) is 0 Å². The molecule has 0 radical (unpaired) electrons. The molecule has 0 heterocycles. The van der Waals surface area contributed by atoms with Crippen LogP contribution in [0.3, 0.4) is 0 Å². The third kappa shape index (κ3) is 3.08. The van der Waals surface area contributed by atoms with E-state index in [4.69, 9.17) is 12.2 Å². The molecule has 1 heteroatoms. The van der Waals surface area contributed by atoms with Crippen LogP contribution in [0, 0.1) is 12.3 Å². The first-order valence-corrected chi connectivity index (χ1v) is 2.11. The van der Waals surface area contributed by atoms with Gasteiger partial charge in [-0.25, -0.2) is 0 Å². The molecule has 0 spiro atoms. The smallest absolute Gasteiger partial charge is 0.0306 e. The summed E-state index contributed by atoms with van der Waals surface area (Å²) in [6.45, 7) is 4.10. The largest absolute Gasteiger partial charge is 0.327 e. The lowest BCUT2D eigenvalue weighted by molar-refractivity contribution is 1.09. The molecule has 0 aromatic carbocycles. The fraction of sp³-hybridized carbons (Fsp3) is 0.333. The molecule has 0 amide bonds. The number of hydrogen-bond donors (Lipinski definition) is 1. The van der Waals surface area contributed by atoms with Crippen molar-refractivity contribution >= 4 is 0 Å². The summed E-state index contributed by atoms with van der Waals surface area (Å²) in [6.07, 6.45) is 5.55. The topological polar surface area (TPSA) is 26.0 Å². The second kappa shape index (κ2) is 3.45. The molecule has 0 atom stereocenters. The van der Waals surface area contributed by atoms with Crippen LogP contribution in [-0.4, -0.2) is 6.54 Å². The maximum absolute atomic E-state index is 5.16. The van der Waals surface area contributed by atoms with E-state index < -0.39 is 0 Å². The van der Waals surface area contributed by atoms with Crippen molar-refractivity contribution in [2.75, 3.05) is 6.54 Å². The van der Waals surface area contributed by atoms with Gasteiger partial charge in [0.05, 0.1) is 0 Å². The minimum Gasteiger partial charge on any atom is -0.327 e. The van der Waals surface area contributed by atoms with Crippen molar-refractivity contribution in [3.05, 3.63) is 12.2 Å².